The molecule has 14 heavy (non-hydrogen) atoms. The van der Waals surface area contributed by atoms with E-state index in [0.717, 1.165) is 4.68 Å². The third kappa shape index (κ3) is 1.66. The van der Waals surface area contributed by atoms with Gasteiger partial charge in [-0.25, -0.2) is 4.68 Å². The second kappa shape index (κ2) is 3.61. The van der Waals surface area contributed by atoms with Gasteiger partial charge in [0.2, 0.25) is 0 Å². The van der Waals surface area contributed by atoms with Crippen LogP contribution in [0, 0.1) is 0 Å². The highest BCUT2D eigenvalue weighted by molar-refractivity contribution is 5.99. The third-order valence-electron chi connectivity index (χ3n) is 1.95. The monoisotopic (exact) mass is 195 g/mol. The molecule has 0 aliphatic carbocycles. The van der Waals surface area contributed by atoms with E-state index in [9.17, 15) is 9.59 Å². The summed E-state index contributed by atoms with van der Waals surface area (Å²) in [5.74, 6) is -0.239. The standard InChI is InChI=1S/C9H13N3O2/c1-6(13)8-7(11(2)3)5-10-12(4)9(8)14/h5H,1-4H3. The molecule has 0 aliphatic heterocycles. The lowest BCUT2D eigenvalue weighted by Gasteiger charge is -2.15. The Balaban J connectivity index is 3.54. The summed E-state index contributed by atoms with van der Waals surface area (Å²) in [7, 11) is 5.06. The molecule has 0 atom stereocenters. The van der Waals surface area contributed by atoms with Crippen LogP contribution in [0.15, 0.2) is 11.0 Å². The third-order valence-corrected chi connectivity index (χ3v) is 1.95. The van der Waals surface area contributed by atoms with Gasteiger partial charge in [0, 0.05) is 21.1 Å². The second-order valence-electron chi connectivity index (χ2n) is 3.28. The molecule has 0 N–H and O–H groups in total. The first-order valence-electron chi connectivity index (χ1n) is 4.19. The van der Waals surface area contributed by atoms with Gasteiger partial charge < -0.3 is 4.90 Å². The number of aryl methyl sites for hydroxylation is 1. The summed E-state index contributed by atoms with van der Waals surface area (Å²) in [4.78, 5) is 24.6. The van der Waals surface area contributed by atoms with Crippen molar-refractivity contribution >= 4 is 11.5 Å². The minimum absolute atomic E-state index is 0.188. The quantitative estimate of drug-likeness (QED) is 0.626. The molecule has 5 nitrogen and oxygen atoms in total. The van der Waals surface area contributed by atoms with E-state index in [-0.39, 0.29) is 16.9 Å². The van der Waals surface area contributed by atoms with Crippen molar-refractivity contribution in [2.24, 2.45) is 7.05 Å². The number of carbonyl (C=O) groups excluding carboxylic acids is 1. The van der Waals surface area contributed by atoms with Gasteiger partial charge in [-0.1, -0.05) is 0 Å². The van der Waals surface area contributed by atoms with Crippen LogP contribution in [-0.4, -0.2) is 29.7 Å². The summed E-state index contributed by atoms with van der Waals surface area (Å²) in [5.41, 5.74) is 0.386. The Labute approximate surface area is 82.0 Å². The van der Waals surface area contributed by atoms with Crippen molar-refractivity contribution in [3.8, 4) is 0 Å². The topological polar surface area (TPSA) is 55.2 Å². The number of hydrogen-bond donors (Lipinski definition) is 0. The van der Waals surface area contributed by atoms with E-state index in [1.54, 1.807) is 19.0 Å². The summed E-state index contributed by atoms with van der Waals surface area (Å²) in [5, 5.41) is 3.85. The molecule has 5 heteroatoms. The van der Waals surface area contributed by atoms with E-state index >= 15 is 0 Å². The largest absolute Gasteiger partial charge is 0.376 e. The van der Waals surface area contributed by atoms with Gasteiger partial charge >= 0.3 is 0 Å². The van der Waals surface area contributed by atoms with Crippen molar-refractivity contribution in [3.05, 3.63) is 22.1 Å². The van der Waals surface area contributed by atoms with Crippen LogP contribution in [0.2, 0.25) is 0 Å². The van der Waals surface area contributed by atoms with Gasteiger partial charge in [0.1, 0.15) is 5.56 Å². The molecule has 0 aromatic carbocycles. The van der Waals surface area contributed by atoms with E-state index in [2.05, 4.69) is 5.10 Å². The van der Waals surface area contributed by atoms with E-state index < -0.39 is 0 Å². The van der Waals surface area contributed by atoms with Crippen LogP contribution in [0.3, 0.4) is 0 Å². The van der Waals surface area contributed by atoms with Gasteiger partial charge in [-0.3, -0.25) is 9.59 Å². The molecule has 0 saturated carbocycles. The fourth-order valence-corrected chi connectivity index (χ4v) is 1.20. The fraction of sp³-hybridized carbons (Fsp3) is 0.444. The molecule has 76 valence electrons. The van der Waals surface area contributed by atoms with Gasteiger partial charge in [0.05, 0.1) is 11.9 Å². The van der Waals surface area contributed by atoms with Crippen LogP contribution in [0.25, 0.3) is 0 Å². The molecule has 1 aromatic rings. The second-order valence-corrected chi connectivity index (χ2v) is 3.28. The van der Waals surface area contributed by atoms with Crippen LogP contribution >= 0.6 is 0 Å². The maximum absolute atomic E-state index is 11.6. The zero-order valence-electron chi connectivity index (χ0n) is 8.74. The van der Waals surface area contributed by atoms with Crippen LogP contribution in [0.1, 0.15) is 17.3 Å². The number of anilines is 1. The van der Waals surface area contributed by atoms with Gasteiger partial charge in [0.25, 0.3) is 5.56 Å². The van der Waals surface area contributed by atoms with Crippen LogP contribution < -0.4 is 10.5 Å². The Bertz CT molecular complexity index is 421. The van der Waals surface area contributed by atoms with E-state index in [4.69, 9.17) is 0 Å². The number of nitrogens with zero attached hydrogens (tertiary/aromatic N) is 3. The molecule has 0 spiro atoms. The van der Waals surface area contributed by atoms with Crippen molar-refractivity contribution < 1.29 is 4.79 Å². The first-order chi connectivity index (χ1) is 6.45. The number of ketones is 1. The summed E-state index contributed by atoms with van der Waals surface area (Å²) in [6.45, 7) is 1.38. The molecule has 0 unspecified atom stereocenters. The number of aromatic nitrogens is 2. The Morgan fingerprint density at radius 2 is 2.07 bits per heavy atom. The summed E-state index contributed by atoms with van der Waals surface area (Å²) in [6.07, 6.45) is 1.51. The van der Waals surface area contributed by atoms with Gasteiger partial charge in [-0.05, 0) is 6.92 Å². The molecule has 1 rings (SSSR count). The van der Waals surface area contributed by atoms with Crippen LogP contribution in [0.4, 0.5) is 5.69 Å². The Hall–Kier alpha value is -1.65. The molecule has 0 saturated heterocycles. The molecule has 0 bridgehead atoms. The van der Waals surface area contributed by atoms with Crippen LogP contribution in [0.5, 0.6) is 0 Å². The molecule has 1 aromatic heterocycles. The molecule has 0 aliphatic rings. The maximum atomic E-state index is 11.6. The zero-order chi connectivity index (χ0) is 10.9. The van der Waals surface area contributed by atoms with E-state index in [1.165, 1.54) is 20.2 Å². The maximum Gasteiger partial charge on any atom is 0.279 e. The Morgan fingerprint density at radius 1 is 1.50 bits per heavy atom. The molecule has 1 heterocycles. The molecular weight excluding hydrogens is 182 g/mol. The van der Waals surface area contributed by atoms with Crippen molar-refractivity contribution in [1.82, 2.24) is 9.78 Å². The van der Waals surface area contributed by atoms with Gasteiger partial charge in [-0.15, -0.1) is 0 Å². The first kappa shape index (κ1) is 10.4. The minimum atomic E-state index is -0.358. The van der Waals surface area contributed by atoms with Crippen molar-refractivity contribution in [2.75, 3.05) is 19.0 Å². The molecule has 0 radical (unpaired) electrons. The normalized spacial score (nSPS) is 10.0. The number of carbonyl (C=O) groups is 1. The highest BCUT2D eigenvalue weighted by atomic mass is 16.1. The van der Waals surface area contributed by atoms with E-state index in [1.807, 2.05) is 0 Å². The lowest BCUT2D eigenvalue weighted by molar-refractivity contribution is 0.101. The Morgan fingerprint density at radius 3 is 2.50 bits per heavy atom. The smallest absolute Gasteiger partial charge is 0.279 e. The predicted octanol–water partition coefficient (Wildman–Crippen LogP) is 0.0489. The average Bonchev–Trinajstić information content (AvgIpc) is 2.08. The summed E-state index contributed by atoms with van der Waals surface area (Å²) < 4.78 is 1.16. The highest BCUT2D eigenvalue weighted by Gasteiger charge is 2.15. The van der Waals surface area contributed by atoms with Crippen molar-refractivity contribution in [3.63, 3.8) is 0 Å². The number of rotatable bonds is 2. The van der Waals surface area contributed by atoms with E-state index in [0.29, 0.717) is 5.69 Å². The average molecular weight is 195 g/mol. The number of hydrogen-bond acceptors (Lipinski definition) is 4. The van der Waals surface area contributed by atoms with Gasteiger partial charge in [-0.2, -0.15) is 5.10 Å². The minimum Gasteiger partial charge on any atom is -0.376 e. The Kier molecular flexibility index (Phi) is 2.69. The number of Topliss-reactive ketones (excluding diaryl/α,β-unsaturated/α-hetero) is 1. The molecular formula is C9H13N3O2. The zero-order valence-corrected chi connectivity index (χ0v) is 8.74. The lowest BCUT2D eigenvalue weighted by atomic mass is 10.2. The SMILES string of the molecule is CC(=O)c1c(N(C)C)cnn(C)c1=O. The van der Waals surface area contributed by atoms with Crippen molar-refractivity contribution in [2.45, 2.75) is 6.92 Å². The fourth-order valence-electron chi connectivity index (χ4n) is 1.20. The summed E-state index contributed by atoms with van der Waals surface area (Å²) >= 11 is 0. The molecule has 0 amide bonds. The van der Waals surface area contributed by atoms with Crippen LogP contribution in [-0.2, 0) is 7.05 Å². The molecule has 0 fully saturated rings. The van der Waals surface area contributed by atoms with Gasteiger partial charge in [0.15, 0.2) is 5.78 Å². The summed E-state index contributed by atoms with van der Waals surface area (Å²) in [6, 6.07) is 0. The van der Waals surface area contributed by atoms with Crippen molar-refractivity contribution in [1.29, 1.82) is 0 Å². The predicted molar refractivity (Wildman–Crippen MR) is 53.8 cm³/mol. The lowest BCUT2D eigenvalue weighted by Crippen LogP contribution is -2.29. The first-order valence-corrected chi connectivity index (χ1v) is 4.19. The highest BCUT2D eigenvalue weighted by Crippen LogP contribution is 2.12.